The highest BCUT2D eigenvalue weighted by Gasteiger charge is 2.23. The number of benzene rings is 1. The molecule has 0 atom stereocenters. The number of para-hydroxylation sites is 1. The van der Waals surface area contributed by atoms with Crippen LogP contribution >= 0.6 is 0 Å². The third-order valence-electron chi connectivity index (χ3n) is 3.41. The van der Waals surface area contributed by atoms with E-state index in [0.29, 0.717) is 17.5 Å². The Morgan fingerprint density at radius 1 is 0.929 bits per heavy atom. The van der Waals surface area contributed by atoms with Crippen LogP contribution in [0.25, 0.3) is 6.08 Å². The quantitative estimate of drug-likeness (QED) is 0.185. The molecule has 1 aromatic carbocycles. The minimum atomic E-state index is -1.42. The number of ether oxygens (including phenoxy) is 3. The highest BCUT2D eigenvalue weighted by atomic mass is 28.3. The fraction of sp³-hybridized carbons (Fsp3) is 0.545. The largest absolute Gasteiger partial charge is 0.497 e. The maximum Gasteiger partial charge on any atom is 0.345 e. The molecule has 0 aliphatic rings. The van der Waals surface area contributed by atoms with Gasteiger partial charge in [0.15, 0.2) is 0 Å². The van der Waals surface area contributed by atoms with Gasteiger partial charge in [0.2, 0.25) is 0 Å². The van der Waals surface area contributed by atoms with Gasteiger partial charge in [0, 0.05) is 5.56 Å². The van der Waals surface area contributed by atoms with E-state index in [0.717, 1.165) is 0 Å². The van der Waals surface area contributed by atoms with Crippen molar-refractivity contribution >= 4 is 26.1 Å². The molecular formula is C22H34O5Si. The van der Waals surface area contributed by atoms with E-state index in [9.17, 15) is 9.59 Å². The molecule has 0 unspecified atom stereocenters. The van der Waals surface area contributed by atoms with Crippen molar-refractivity contribution in [3.05, 3.63) is 35.4 Å². The predicted molar refractivity (Wildman–Crippen MR) is 115 cm³/mol. The number of carbonyl (C=O) groups is 2. The molecule has 1 rings (SSSR count). The third-order valence-corrected chi connectivity index (χ3v) is 4.43. The Morgan fingerprint density at radius 3 is 1.89 bits per heavy atom. The SMILES string of the molecule is CC(C)COC(=O)C(=Cc1ccccc1OC[Si](C)(C)C)C(=O)OCC(C)C. The molecule has 0 saturated carbocycles. The Morgan fingerprint density at radius 2 is 1.43 bits per heavy atom. The fourth-order valence-corrected chi connectivity index (χ4v) is 2.61. The molecule has 0 N–H and O–H groups in total. The lowest BCUT2D eigenvalue weighted by molar-refractivity contribution is -0.148. The second kappa shape index (κ2) is 11.0. The summed E-state index contributed by atoms with van der Waals surface area (Å²) in [7, 11) is -1.42. The summed E-state index contributed by atoms with van der Waals surface area (Å²) in [4.78, 5) is 25.1. The minimum Gasteiger partial charge on any atom is -0.497 e. The van der Waals surface area contributed by atoms with Gasteiger partial charge >= 0.3 is 11.9 Å². The van der Waals surface area contributed by atoms with Crippen molar-refractivity contribution in [3.63, 3.8) is 0 Å². The van der Waals surface area contributed by atoms with Crippen LogP contribution < -0.4 is 4.74 Å². The lowest BCUT2D eigenvalue weighted by atomic mass is 10.1. The smallest absolute Gasteiger partial charge is 0.345 e. The zero-order valence-corrected chi connectivity index (χ0v) is 19.2. The normalized spacial score (nSPS) is 11.3. The maximum atomic E-state index is 12.5. The van der Waals surface area contributed by atoms with Crippen LogP contribution in [0.4, 0.5) is 0 Å². The lowest BCUT2D eigenvalue weighted by Crippen LogP contribution is -2.30. The van der Waals surface area contributed by atoms with Crippen molar-refractivity contribution in [2.45, 2.75) is 47.3 Å². The zero-order chi connectivity index (χ0) is 21.3. The Bertz CT molecular complexity index is 660. The van der Waals surface area contributed by atoms with E-state index in [2.05, 4.69) is 19.6 Å². The summed E-state index contributed by atoms with van der Waals surface area (Å²) in [6.45, 7) is 14.9. The van der Waals surface area contributed by atoms with Gasteiger partial charge in [-0.1, -0.05) is 65.5 Å². The first kappa shape index (κ1) is 24.0. The van der Waals surface area contributed by atoms with Gasteiger partial charge in [-0.3, -0.25) is 0 Å². The monoisotopic (exact) mass is 406 g/mol. The number of esters is 2. The molecule has 0 aliphatic carbocycles. The van der Waals surface area contributed by atoms with Gasteiger partial charge in [0.25, 0.3) is 0 Å². The van der Waals surface area contributed by atoms with Crippen LogP contribution in [0.1, 0.15) is 33.3 Å². The van der Waals surface area contributed by atoms with E-state index in [-0.39, 0.29) is 30.6 Å². The summed E-state index contributed by atoms with van der Waals surface area (Å²) in [5, 5.41) is 0. The van der Waals surface area contributed by atoms with Crippen LogP contribution in [0.15, 0.2) is 29.8 Å². The second-order valence-corrected chi connectivity index (χ2v) is 14.3. The Balaban J connectivity index is 3.16. The summed E-state index contributed by atoms with van der Waals surface area (Å²) in [6.07, 6.45) is 2.15. The van der Waals surface area contributed by atoms with Crippen molar-refractivity contribution < 1.29 is 23.8 Å². The Kier molecular flexibility index (Phi) is 9.45. The van der Waals surface area contributed by atoms with Gasteiger partial charge in [-0.25, -0.2) is 9.59 Å². The molecule has 0 aromatic heterocycles. The first-order valence-corrected chi connectivity index (χ1v) is 13.5. The van der Waals surface area contributed by atoms with Crippen LogP contribution in [0.2, 0.25) is 19.6 Å². The van der Waals surface area contributed by atoms with Gasteiger partial charge in [0.05, 0.1) is 27.5 Å². The van der Waals surface area contributed by atoms with Gasteiger partial charge in [-0.05, 0) is 24.0 Å². The first-order valence-electron chi connectivity index (χ1n) is 9.77. The average molecular weight is 407 g/mol. The summed E-state index contributed by atoms with van der Waals surface area (Å²) in [5.41, 5.74) is 0.532. The van der Waals surface area contributed by atoms with Crippen LogP contribution in [-0.2, 0) is 19.1 Å². The van der Waals surface area contributed by atoms with Crippen LogP contribution in [0.3, 0.4) is 0 Å². The van der Waals surface area contributed by atoms with E-state index >= 15 is 0 Å². The highest BCUT2D eigenvalue weighted by molar-refractivity contribution is 6.76. The molecule has 0 fully saturated rings. The lowest BCUT2D eigenvalue weighted by Gasteiger charge is -2.18. The molecule has 0 aliphatic heterocycles. The predicted octanol–water partition coefficient (Wildman–Crippen LogP) is 4.72. The number of hydrogen-bond donors (Lipinski definition) is 0. The molecule has 1 aromatic rings. The molecule has 0 heterocycles. The molecule has 6 heteroatoms. The van der Waals surface area contributed by atoms with E-state index in [1.54, 1.807) is 0 Å². The van der Waals surface area contributed by atoms with Crippen molar-refractivity contribution in [2.24, 2.45) is 11.8 Å². The fourth-order valence-electron chi connectivity index (χ4n) is 2.02. The van der Waals surface area contributed by atoms with E-state index < -0.39 is 20.0 Å². The second-order valence-electron chi connectivity index (χ2n) is 8.93. The summed E-state index contributed by atoms with van der Waals surface area (Å²) in [5.74, 6) is -0.380. The molecule has 0 saturated heterocycles. The number of carbonyl (C=O) groups excluding carboxylic acids is 2. The molecular weight excluding hydrogens is 372 g/mol. The number of hydrogen-bond acceptors (Lipinski definition) is 5. The van der Waals surface area contributed by atoms with Crippen molar-refractivity contribution in [2.75, 3.05) is 19.4 Å². The Labute approximate surface area is 170 Å². The third kappa shape index (κ3) is 9.22. The first-order chi connectivity index (χ1) is 13.0. The molecule has 0 amide bonds. The molecule has 28 heavy (non-hydrogen) atoms. The van der Waals surface area contributed by atoms with Crippen molar-refractivity contribution in [1.82, 2.24) is 0 Å². The minimum absolute atomic E-state index is 0.120. The molecule has 0 spiro atoms. The standard InChI is InChI=1S/C22H34O5Si/c1-16(2)13-25-21(23)19(22(24)26-14-17(3)4)12-18-10-8-9-11-20(18)27-15-28(5,6)7/h8-12,16-17H,13-15H2,1-7H3. The van der Waals surface area contributed by atoms with Gasteiger partial charge in [0.1, 0.15) is 11.3 Å². The van der Waals surface area contributed by atoms with Gasteiger partial charge in [-0.2, -0.15) is 0 Å². The number of rotatable bonds is 10. The van der Waals surface area contributed by atoms with Crippen LogP contribution in [0.5, 0.6) is 5.75 Å². The van der Waals surface area contributed by atoms with Crippen molar-refractivity contribution in [1.29, 1.82) is 0 Å². The average Bonchev–Trinajstić information content (AvgIpc) is 2.60. The van der Waals surface area contributed by atoms with Gasteiger partial charge in [-0.15, -0.1) is 0 Å². The van der Waals surface area contributed by atoms with Crippen LogP contribution in [0, 0.1) is 11.8 Å². The van der Waals surface area contributed by atoms with Crippen LogP contribution in [-0.4, -0.2) is 39.5 Å². The molecule has 0 bridgehead atoms. The summed E-state index contributed by atoms with van der Waals surface area (Å²) in [6, 6.07) is 7.35. The topological polar surface area (TPSA) is 61.8 Å². The summed E-state index contributed by atoms with van der Waals surface area (Å²) < 4.78 is 16.5. The molecule has 0 radical (unpaired) electrons. The zero-order valence-electron chi connectivity index (χ0n) is 18.2. The van der Waals surface area contributed by atoms with E-state index in [1.807, 2.05) is 52.0 Å². The summed E-state index contributed by atoms with van der Waals surface area (Å²) >= 11 is 0. The van der Waals surface area contributed by atoms with E-state index in [1.165, 1.54) is 6.08 Å². The Hall–Kier alpha value is -2.08. The van der Waals surface area contributed by atoms with Crippen molar-refractivity contribution in [3.8, 4) is 5.75 Å². The molecule has 5 nitrogen and oxygen atoms in total. The van der Waals surface area contributed by atoms with E-state index in [4.69, 9.17) is 14.2 Å². The molecule has 156 valence electrons. The maximum absolute atomic E-state index is 12.5. The van der Waals surface area contributed by atoms with Gasteiger partial charge < -0.3 is 14.2 Å². The highest BCUT2D eigenvalue weighted by Crippen LogP contribution is 2.23.